The quantitative estimate of drug-likeness (QED) is 0.456. The highest BCUT2D eigenvalue weighted by atomic mass is 79.9. The van der Waals surface area contributed by atoms with Crippen LogP contribution in [-0.4, -0.2) is 41.6 Å². The SMILES string of the molecule is CC(C)(C)OC(N(C=O)c1cc(Br)c(F)cc1C(N)=O)=[N+]1CCCCC1. The Morgan fingerprint density at radius 1 is 1.31 bits per heavy atom. The minimum Gasteiger partial charge on any atom is -0.425 e. The number of halogens is 2. The number of piperidine rings is 1. The molecule has 26 heavy (non-hydrogen) atoms. The van der Waals surface area contributed by atoms with Crippen molar-refractivity contribution in [2.45, 2.75) is 45.6 Å². The van der Waals surface area contributed by atoms with E-state index in [-0.39, 0.29) is 15.7 Å². The number of primary amides is 1. The Hall–Kier alpha value is -1.96. The summed E-state index contributed by atoms with van der Waals surface area (Å²) in [6, 6.07) is 2.69. The van der Waals surface area contributed by atoms with Gasteiger partial charge in [0.05, 0.1) is 23.1 Å². The van der Waals surface area contributed by atoms with Crippen molar-refractivity contribution < 1.29 is 23.3 Å². The molecular weight excluding hydrogens is 405 g/mol. The lowest BCUT2D eigenvalue weighted by molar-refractivity contribution is -0.547. The molecule has 1 aromatic rings. The number of hydrogen-bond donors (Lipinski definition) is 1. The number of nitrogens with zero attached hydrogens (tertiary/aromatic N) is 2. The van der Waals surface area contributed by atoms with E-state index in [0.717, 1.165) is 38.4 Å². The summed E-state index contributed by atoms with van der Waals surface area (Å²) in [6.07, 6.45) is 3.61. The molecule has 1 saturated heterocycles. The third-order valence-electron chi connectivity index (χ3n) is 3.90. The number of anilines is 1. The first kappa shape index (κ1) is 20.4. The summed E-state index contributed by atoms with van der Waals surface area (Å²) in [4.78, 5) is 25.0. The number of amides is 2. The van der Waals surface area contributed by atoms with Crippen molar-refractivity contribution in [2.75, 3.05) is 18.0 Å². The Bertz CT molecular complexity index is 736. The van der Waals surface area contributed by atoms with Gasteiger partial charge in [-0.3, -0.25) is 9.59 Å². The monoisotopic (exact) mass is 428 g/mol. The van der Waals surface area contributed by atoms with Crippen molar-refractivity contribution >= 4 is 40.0 Å². The molecule has 1 aliphatic heterocycles. The minimum absolute atomic E-state index is 0.0928. The number of carbonyl (C=O) groups is 2. The molecule has 8 heteroatoms. The van der Waals surface area contributed by atoms with Crippen molar-refractivity contribution in [2.24, 2.45) is 5.73 Å². The predicted molar refractivity (Wildman–Crippen MR) is 101 cm³/mol. The zero-order valence-electron chi connectivity index (χ0n) is 15.2. The number of benzene rings is 1. The number of hydrogen-bond acceptors (Lipinski definition) is 3. The molecule has 0 unspecified atom stereocenters. The highest BCUT2D eigenvalue weighted by Gasteiger charge is 2.35. The first-order chi connectivity index (χ1) is 12.1. The van der Waals surface area contributed by atoms with Gasteiger partial charge in [-0.25, -0.2) is 8.97 Å². The van der Waals surface area contributed by atoms with Crippen LogP contribution in [0.2, 0.25) is 0 Å². The third-order valence-corrected chi connectivity index (χ3v) is 4.51. The second-order valence-electron chi connectivity index (χ2n) is 7.17. The fourth-order valence-electron chi connectivity index (χ4n) is 2.76. The van der Waals surface area contributed by atoms with Crippen LogP contribution < -0.4 is 10.6 Å². The number of ether oxygens (including phenoxy) is 1. The van der Waals surface area contributed by atoms with Crippen molar-refractivity contribution in [1.29, 1.82) is 0 Å². The van der Waals surface area contributed by atoms with Gasteiger partial charge in [0.1, 0.15) is 11.4 Å². The third kappa shape index (κ3) is 4.81. The van der Waals surface area contributed by atoms with Crippen LogP contribution >= 0.6 is 15.9 Å². The van der Waals surface area contributed by atoms with Gasteiger partial charge >= 0.3 is 12.4 Å². The molecule has 2 rings (SSSR count). The van der Waals surface area contributed by atoms with E-state index in [4.69, 9.17) is 10.5 Å². The summed E-state index contributed by atoms with van der Waals surface area (Å²) in [7, 11) is 0. The average molecular weight is 429 g/mol. The van der Waals surface area contributed by atoms with E-state index in [9.17, 15) is 14.0 Å². The van der Waals surface area contributed by atoms with Crippen LogP contribution in [0.15, 0.2) is 16.6 Å². The fourth-order valence-corrected chi connectivity index (χ4v) is 3.09. The molecule has 1 aromatic carbocycles. The van der Waals surface area contributed by atoms with E-state index in [0.29, 0.717) is 12.4 Å². The summed E-state index contributed by atoms with van der Waals surface area (Å²) in [6.45, 7) is 7.06. The van der Waals surface area contributed by atoms with Crippen LogP contribution in [-0.2, 0) is 9.53 Å². The van der Waals surface area contributed by atoms with E-state index in [1.54, 1.807) is 0 Å². The smallest absolute Gasteiger partial charge is 0.425 e. The number of nitrogens with two attached hydrogens (primary N) is 1. The predicted octanol–water partition coefficient (Wildman–Crippen LogP) is 3.02. The summed E-state index contributed by atoms with van der Waals surface area (Å²) in [5.41, 5.74) is 4.91. The van der Waals surface area contributed by atoms with Gasteiger partial charge in [-0.2, -0.15) is 0 Å². The fraction of sp³-hybridized carbons (Fsp3) is 0.500. The standard InChI is InChI=1S/C18H23BrFN3O3/c1-18(2,3)26-17(22-7-5-4-6-8-22)23(11-24)15-10-13(19)14(20)9-12(15)16(21)25/h9-11H,4-8H2,1-3H3,(H-,21,25)/p+1. The molecule has 0 aliphatic carbocycles. The van der Waals surface area contributed by atoms with Crippen molar-refractivity contribution in [3.8, 4) is 0 Å². The van der Waals surface area contributed by atoms with Crippen LogP contribution in [0.5, 0.6) is 0 Å². The summed E-state index contributed by atoms with van der Waals surface area (Å²) in [5, 5.41) is 0. The van der Waals surface area contributed by atoms with E-state index >= 15 is 0 Å². The molecule has 0 bridgehead atoms. The number of amidine groups is 1. The lowest BCUT2D eigenvalue weighted by Crippen LogP contribution is -2.45. The first-order valence-corrected chi connectivity index (χ1v) is 9.27. The molecule has 1 heterocycles. The second kappa shape index (κ2) is 8.16. The first-order valence-electron chi connectivity index (χ1n) is 8.48. The largest absolute Gasteiger partial charge is 0.459 e. The van der Waals surface area contributed by atoms with E-state index in [2.05, 4.69) is 15.9 Å². The maximum absolute atomic E-state index is 13.9. The highest BCUT2D eigenvalue weighted by molar-refractivity contribution is 9.10. The van der Waals surface area contributed by atoms with Crippen LogP contribution in [0.25, 0.3) is 0 Å². The van der Waals surface area contributed by atoms with Gasteiger partial charge in [0.15, 0.2) is 5.69 Å². The Kier molecular flexibility index (Phi) is 6.39. The molecule has 0 aromatic heterocycles. The van der Waals surface area contributed by atoms with E-state index in [1.165, 1.54) is 11.0 Å². The molecule has 0 atom stereocenters. The summed E-state index contributed by atoms with van der Waals surface area (Å²) >= 11 is 3.10. The second-order valence-corrected chi connectivity index (χ2v) is 8.02. The van der Waals surface area contributed by atoms with Crippen molar-refractivity contribution in [3.05, 3.63) is 28.0 Å². The zero-order valence-corrected chi connectivity index (χ0v) is 16.8. The van der Waals surface area contributed by atoms with Gasteiger partial charge in [-0.05, 0) is 62.0 Å². The maximum atomic E-state index is 13.9. The molecule has 2 amide bonds. The van der Waals surface area contributed by atoms with Crippen molar-refractivity contribution in [1.82, 2.24) is 0 Å². The summed E-state index contributed by atoms with van der Waals surface area (Å²) in [5.74, 6) is -1.46. The van der Waals surface area contributed by atoms with Gasteiger partial charge < -0.3 is 10.5 Å². The summed E-state index contributed by atoms with van der Waals surface area (Å²) < 4.78 is 22.1. The van der Waals surface area contributed by atoms with E-state index in [1.807, 2.05) is 25.3 Å². The Balaban J connectivity index is 2.64. The Morgan fingerprint density at radius 3 is 2.42 bits per heavy atom. The molecule has 0 spiro atoms. The minimum atomic E-state index is -0.827. The lowest BCUT2D eigenvalue weighted by atomic mass is 10.1. The van der Waals surface area contributed by atoms with Crippen LogP contribution in [0.1, 0.15) is 50.4 Å². The van der Waals surface area contributed by atoms with Crippen LogP contribution in [0.4, 0.5) is 10.1 Å². The van der Waals surface area contributed by atoms with Crippen LogP contribution in [0.3, 0.4) is 0 Å². The normalized spacial score (nSPS) is 14.7. The van der Waals surface area contributed by atoms with Gasteiger partial charge in [0.25, 0.3) is 5.91 Å². The van der Waals surface area contributed by atoms with Gasteiger partial charge in [-0.15, -0.1) is 4.90 Å². The molecule has 6 nitrogen and oxygen atoms in total. The maximum Gasteiger partial charge on any atom is 0.459 e. The Morgan fingerprint density at radius 2 is 1.92 bits per heavy atom. The average Bonchev–Trinajstić information content (AvgIpc) is 2.57. The van der Waals surface area contributed by atoms with Gasteiger partial charge in [0, 0.05) is 6.07 Å². The number of rotatable bonds is 3. The van der Waals surface area contributed by atoms with Crippen LogP contribution in [0, 0.1) is 5.82 Å². The van der Waals surface area contributed by atoms with Crippen molar-refractivity contribution in [3.63, 3.8) is 0 Å². The Labute approximate surface area is 160 Å². The molecule has 1 fully saturated rings. The molecule has 0 radical (unpaired) electrons. The zero-order chi connectivity index (χ0) is 19.5. The molecule has 142 valence electrons. The highest BCUT2D eigenvalue weighted by Crippen LogP contribution is 2.28. The number of carbonyl (C=O) groups excluding carboxylic acids is 2. The van der Waals surface area contributed by atoms with Gasteiger partial charge in [0.2, 0.25) is 0 Å². The molecule has 2 N–H and O–H groups in total. The van der Waals surface area contributed by atoms with E-state index < -0.39 is 17.3 Å². The molecular formula is C18H24BrFN3O3+. The lowest BCUT2D eigenvalue weighted by Gasteiger charge is -2.26. The van der Waals surface area contributed by atoms with Gasteiger partial charge in [-0.1, -0.05) is 0 Å². The topological polar surface area (TPSA) is 75.6 Å². The molecule has 1 aliphatic rings. The molecule has 0 saturated carbocycles.